The summed E-state index contributed by atoms with van der Waals surface area (Å²) in [5.74, 6) is -0.775. The Morgan fingerprint density at radius 1 is 1.15 bits per heavy atom. The smallest absolute Gasteiger partial charge is 0.343 e. The zero-order valence-corrected chi connectivity index (χ0v) is 15.3. The fourth-order valence-electron chi connectivity index (χ4n) is 2.54. The molecule has 0 fully saturated rings. The number of rotatable bonds is 5. The molecule has 27 heavy (non-hydrogen) atoms. The Labute approximate surface area is 159 Å². The molecule has 2 heterocycles. The maximum absolute atomic E-state index is 12.2. The van der Waals surface area contributed by atoms with Gasteiger partial charge in [-0.1, -0.05) is 11.6 Å². The number of benzene rings is 1. The first-order chi connectivity index (χ1) is 13.0. The molecule has 1 aromatic carbocycles. The van der Waals surface area contributed by atoms with Crippen LogP contribution < -0.4 is 10.1 Å². The van der Waals surface area contributed by atoms with E-state index in [-0.39, 0.29) is 23.9 Å². The predicted molar refractivity (Wildman–Crippen MR) is 97.8 cm³/mol. The average molecular weight is 387 g/mol. The first-order valence-corrected chi connectivity index (χ1v) is 8.20. The van der Waals surface area contributed by atoms with Gasteiger partial charge in [-0.05, 0) is 23.8 Å². The van der Waals surface area contributed by atoms with Crippen LogP contribution in [-0.2, 0) is 11.3 Å². The topological polar surface area (TPSA) is 103 Å². The molecule has 0 atom stereocenters. The molecule has 3 rings (SSSR count). The Hall–Kier alpha value is -3.26. The van der Waals surface area contributed by atoms with Gasteiger partial charge in [-0.15, -0.1) is 0 Å². The molecule has 0 aliphatic carbocycles. The number of methoxy groups -OCH3 is 2. The van der Waals surface area contributed by atoms with Gasteiger partial charge < -0.3 is 14.8 Å². The van der Waals surface area contributed by atoms with Crippen molar-refractivity contribution in [1.82, 2.24) is 20.3 Å². The minimum atomic E-state index is -0.569. The van der Waals surface area contributed by atoms with Crippen LogP contribution in [0.5, 0.6) is 5.88 Å². The summed E-state index contributed by atoms with van der Waals surface area (Å²) in [5, 5.41) is 3.83. The van der Waals surface area contributed by atoms with Crippen molar-refractivity contribution in [2.45, 2.75) is 6.54 Å². The molecule has 0 saturated heterocycles. The summed E-state index contributed by atoms with van der Waals surface area (Å²) in [7, 11) is 2.69. The van der Waals surface area contributed by atoms with E-state index in [1.54, 1.807) is 18.2 Å². The summed E-state index contributed by atoms with van der Waals surface area (Å²) < 4.78 is 9.96. The Morgan fingerprint density at radius 2 is 1.89 bits per heavy atom. The summed E-state index contributed by atoms with van der Waals surface area (Å²) in [6.07, 6.45) is 4.18. The fraction of sp³-hybridized carbons (Fsp3) is 0.167. The number of pyridine rings is 1. The zero-order valence-electron chi connectivity index (χ0n) is 14.5. The van der Waals surface area contributed by atoms with Crippen molar-refractivity contribution in [1.29, 1.82) is 0 Å². The molecule has 0 aliphatic rings. The van der Waals surface area contributed by atoms with E-state index in [4.69, 9.17) is 21.1 Å². The van der Waals surface area contributed by atoms with Gasteiger partial charge in [0.1, 0.15) is 11.9 Å². The summed E-state index contributed by atoms with van der Waals surface area (Å²) in [5.41, 5.74) is 1.74. The number of esters is 1. The highest BCUT2D eigenvalue weighted by Gasteiger charge is 2.18. The summed E-state index contributed by atoms with van der Waals surface area (Å²) in [6.45, 7) is 0.165. The van der Waals surface area contributed by atoms with E-state index >= 15 is 0 Å². The normalized spacial score (nSPS) is 10.5. The van der Waals surface area contributed by atoms with E-state index in [0.717, 1.165) is 0 Å². The van der Waals surface area contributed by atoms with Crippen LogP contribution in [0.15, 0.2) is 36.9 Å². The monoisotopic (exact) mass is 386 g/mol. The molecular formula is C18H15ClN4O4. The minimum absolute atomic E-state index is 0.126. The lowest BCUT2D eigenvalue weighted by atomic mass is 10.1. The highest BCUT2D eigenvalue weighted by atomic mass is 35.5. The second kappa shape index (κ2) is 7.96. The Kier molecular flexibility index (Phi) is 5.46. The number of ether oxygens (including phenoxy) is 2. The van der Waals surface area contributed by atoms with Crippen molar-refractivity contribution >= 4 is 34.4 Å². The van der Waals surface area contributed by atoms with Crippen LogP contribution in [0.4, 0.5) is 0 Å². The van der Waals surface area contributed by atoms with Gasteiger partial charge in [0.05, 0.1) is 25.3 Å². The van der Waals surface area contributed by atoms with E-state index in [1.165, 1.54) is 32.9 Å². The van der Waals surface area contributed by atoms with Crippen LogP contribution in [0.25, 0.3) is 10.9 Å². The van der Waals surface area contributed by atoms with Crippen LogP contribution in [0.3, 0.4) is 0 Å². The standard InChI is InChI=1S/C18H15ClN4O4/c1-26-17-14(18(25)27-2)5-10-3-13(19)4-11(15(10)23-17)8-22-16(24)12-6-20-9-21-7-12/h3-7,9H,8H2,1-2H3,(H,22,24). The van der Waals surface area contributed by atoms with Gasteiger partial charge in [-0.25, -0.2) is 19.7 Å². The SMILES string of the molecule is COC(=O)c1cc2cc(Cl)cc(CNC(=O)c3cncnc3)c2nc1OC. The highest BCUT2D eigenvalue weighted by Crippen LogP contribution is 2.28. The van der Waals surface area contributed by atoms with Crippen LogP contribution in [0.2, 0.25) is 5.02 Å². The zero-order chi connectivity index (χ0) is 19.4. The molecule has 138 valence electrons. The van der Waals surface area contributed by atoms with Crippen LogP contribution in [-0.4, -0.2) is 41.0 Å². The molecule has 1 N–H and O–H groups in total. The van der Waals surface area contributed by atoms with E-state index in [2.05, 4.69) is 20.3 Å². The van der Waals surface area contributed by atoms with Crippen molar-refractivity contribution in [3.63, 3.8) is 0 Å². The lowest BCUT2D eigenvalue weighted by molar-refractivity contribution is 0.0596. The molecule has 0 aliphatic heterocycles. The average Bonchev–Trinajstić information content (AvgIpc) is 2.70. The fourth-order valence-corrected chi connectivity index (χ4v) is 2.79. The summed E-state index contributed by atoms with van der Waals surface area (Å²) >= 11 is 6.19. The number of amides is 1. The van der Waals surface area contributed by atoms with Crippen LogP contribution in [0.1, 0.15) is 26.3 Å². The molecule has 0 radical (unpaired) electrons. The number of halogens is 1. The molecule has 0 spiro atoms. The van der Waals surface area contributed by atoms with Crippen molar-refractivity contribution in [2.75, 3.05) is 14.2 Å². The maximum Gasteiger partial charge on any atom is 0.343 e. The number of nitrogens with zero attached hydrogens (tertiary/aromatic N) is 3. The third-order valence-electron chi connectivity index (χ3n) is 3.79. The molecule has 3 aromatic rings. The van der Waals surface area contributed by atoms with E-state index in [0.29, 0.717) is 27.1 Å². The number of carbonyl (C=O) groups is 2. The van der Waals surface area contributed by atoms with Crippen molar-refractivity contribution in [2.24, 2.45) is 0 Å². The summed E-state index contributed by atoms with van der Waals surface area (Å²) in [4.78, 5) is 36.2. The molecule has 2 aromatic heterocycles. The molecule has 0 saturated carbocycles. The third kappa shape index (κ3) is 3.95. The maximum atomic E-state index is 12.2. The van der Waals surface area contributed by atoms with Gasteiger partial charge in [0.15, 0.2) is 0 Å². The number of aromatic nitrogens is 3. The summed E-state index contributed by atoms with van der Waals surface area (Å²) in [6, 6.07) is 4.96. The van der Waals surface area contributed by atoms with Gasteiger partial charge in [-0.3, -0.25) is 4.79 Å². The Bertz CT molecular complexity index is 1010. The van der Waals surface area contributed by atoms with Gasteiger partial charge in [0.2, 0.25) is 5.88 Å². The van der Waals surface area contributed by atoms with Crippen molar-refractivity contribution < 1.29 is 19.1 Å². The quantitative estimate of drug-likeness (QED) is 0.671. The minimum Gasteiger partial charge on any atom is -0.480 e. The Morgan fingerprint density at radius 3 is 2.56 bits per heavy atom. The molecule has 8 nitrogen and oxygen atoms in total. The van der Waals surface area contributed by atoms with Gasteiger partial charge in [0.25, 0.3) is 5.91 Å². The largest absolute Gasteiger partial charge is 0.480 e. The van der Waals surface area contributed by atoms with E-state index in [1.807, 2.05) is 0 Å². The molecule has 1 amide bonds. The molecule has 0 unspecified atom stereocenters. The first-order valence-electron chi connectivity index (χ1n) is 7.82. The number of hydrogen-bond acceptors (Lipinski definition) is 7. The highest BCUT2D eigenvalue weighted by molar-refractivity contribution is 6.31. The Balaban J connectivity index is 1.97. The third-order valence-corrected chi connectivity index (χ3v) is 4.01. The van der Waals surface area contributed by atoms with Gasteiger partial charge in [0, 0.05) is 29.3 Å². The lowest BCUT2D eigenvalue weighted by Gasteiger charge is -2.12. The molecular weight excluding hydrogens is 372 g/mol. The number of nitrogens with one attached hydrogen (secondary N) is 1. The second-order valence-electron chi connectivity index (χ2n) is 5.48. The number of hydrogen-bond donors (Lipinski definition) is 1. The van der Waals surface area contributed by atoms with Crippen LogP contribution in [0, 0.1) is 0 Å². The lowest BCUT2D eigenvalue weighted by Crippen LogP contribution is -2.23. The van der Waals surface area contributed by atoms with E-state index < -0.39 is 5.97 Å². The number of carbonyl (C=O) groups excluding carboxylic acids is 2. The predicted octanol–water partition coefficient (Wildman–Crippen LogP) is 2.40. The van der Waals surface area contributed by atoms with Gasteiger partial charge >= 0.3 is 5.97 Å². The molecule has 9 heteroatoms. The second-order valence-corrected chi connectivity index (χ2v) is 5.92. The van der Waals surface area contributed by atoms with Gasteiger partial charge in [-0.2, -0.15) is 0 Å². The van der Waals surface area contributed by atoms with E-state index in [9.17, 15) is 9.59 Å². The molecule has 0 bridgehead atoms. The van der Waals surface area contributed by atoms with Crippen LogP contribution >= 0.6 is 11.6 Å². The van der Waals surface area contributed by atoms with Crippen molar-refractivity contribution in [3.8, 4) is 5.88 Å². The van der Waals surface area contributed by atoms with Crippen molar-refractivity contribution in [3.05, 3.63) is 58.6 Å². The number of fused-ring (bicyclic) bond motifs is 1. The first kappa shape index (κ1) is 18.5.